The largest absolute Gasteiger partial charge is 0.353 e. The van der Waals surface area contributed by atoms with Crippen LogP contribution in [0.4, 0.5) is 0 Å². The molecule has 1 heterocycles. The fraction of sp³-hybridized carbons (Fsp3) is 0.615. The molecule has 2 unspecified atom stereocenters. The summed E-state index contributed by atoms with van der Waals surface area (Å²) in [4.78, 5) is 10.6. The third-order valence-electron chi connectivity index (χ3n) is 3.42. The topological polar surface area (TPSA) is 22.0 Å². The Hall–Kier alpha value is -1.05. The van der Waals surface area contributed by atoms with Crippen molar-refractivity contribution < 1.29 is 4.79 Å². The zero-order chi connectivity index (χ0) is 10.7. The summed E-state index contributed by atoms with van der Waals surface area (Å²) >= 11 is 0. The van der Waals surface area contributed by atoms with E-state index in [0.717, 1.165) is 30.2 Å². The molecule has 0 bridgehead atoms. The second-order valence-electron chi connectivity index (χ2n) is 4.90. The molecule has 82 valence electrons. The summed E-state index contributed by atoms with van der Waals surface area (Å²) in [6, 6.07) is 1.89. The highest BCUT2D eigenvalue weighted by Crippen LogP contribution is 2.29. The van der Waals surface area contributed by atoms with Crippen molar-refractivity contribution in [2.45, 2.75) is 39.2 Å². The van der Waals surface area contributed by atoms with Crippen molar-refractivity contribution in [1.82, 2.24) is 4.57 Å². The summed E-state index contributed by atoms with van der Waals surface area (Å²) in [7, 11) is 0. The molecule has 0 saturated heterocycles. The Morgan fingerprint density at radius 1 is 1.53 bits per heavy atom. The summed E-state index contributed by atoms with van der Waals surface area (Å²) in [5.41, 5.74) is 0.791. The maximum Gasteiger partial charge on any atom is 0.151 e. The standard InChI is InChI=1S/C13H19NO/c1-11-3-2-4-12(7-11)8-14-6-5-13(9-14)10-15/h5-6,9-12H,2-4,7-8H2,1H3. The normalized spacial score (nSPS) is 26.5. The van der Waals surface area contributed by atoms with Gasteiger partial charge in [0.2, 0.25) is 0 Å². The van der Waals surface area contributed by atoms with Crippen molar-refractivity contribution in [3.05, 3.63) is 24.0 Å². The molecule has 1 aliphatic rings. The molecule has 0 aliphatic heterocycles. The molecule has 2 nitrogen and oxygen atoms in total. The van der Waals surface area contributed by atoms with Crippen LogP contribution < -0.4 is 0 Å². The van der Waals surface area contributed by atoms with Gasteiger partial charge >= 0.3 is 0 Å². The summed E-state index contributed by atoms with van der Waals surface area (Å²) in [6.45, 7) is 3.43. The Balaban J connectivity index is 1.92. The lowest BCUT2D eigenvalue weighted by Gasteiger charge is -2.26. The van der Waals surface area contributed by atoms with Crippen LogP contribution in [-0.4, -0.2) is 10.9 Å². The van der Waals surface area contributed by atoms with E-state index in [-0.39, 0.29) is 0 Å². The third kappa shape index (κ3) is 2.71. The Kier molecular flexibility index (Phi) is 3.24. The van der Waals surface area contributed by atoms with Gasteiger partial charge in [0.25, 0.3) is 0 Å². The SMILES string of the molecule is CC1CCCC(Cn2ccc(C=O)c2)C1. The Bertz CT molecular complexity index is 329. The summed E-state index contributed by atoms with van der Waals surface area (Å²) in [5, 5.41) is 0. The number of hydrogen-bond donors (Lipinski definition) is 0. The average molecular weight is 205 g/mol. The van der Waals surface area contributed by atoms with Gasteiger partial charge in [-0.2, -0.15) is 0 Å². The molecular formula is C13H19NO. The first-order chi connectivity index (χ1) is 7.28. The van der Waals surface area contributed by atoms with Gasteiger partial charge in [-0.05, 0) is 30.7 Å². The zero-order valence-corrected chi connectivity index (χ0v) is 9.36. The minimum Gasteiger partial charge on any atom is -0.353 e. The lowest BCUT2D eigenvalue weighted by Crippen LogP contribution is -2.17. The van der Waals surface area contributed by atoms with E-state index in [0.29, 0.717) is 0 Å². The van der Waals surface area contributed by atoms with E-state index < -0.39 is 0 Å². The molecule has 1 aromatic rings. The van der Waals surface area contributed by atoms with Crippen molar-refractivity contribution in [2.75, 3.05) is 0 Å². The number of rotatable bonds is 3. The molecule has 0 amide bonds. The zero-order valence-electron chi connectivity index (χ0n) is 9.36. The number of hydrogen-bond acceptors (Lipinski definition) is 1. The van der Waals surface area contributed by atoms with E-state index in [1.165, 1.54) is 25.7 Å². The molecule has 0 spiro atoms. The molecular weight excluding hydrogens is 186 g/mol. The lowest BCUT2D eigenvalue weighted by atomic mass is 9.82. The van der Waals surface area contributed by atoms with Crippen LogP contribution in [0.2, 0.25) is 0 Å². The van der Waals surface area contributed by atoms with E-state index in [9.17, 15) is 4.79 Å². The Morgan fingerprint density at radius 3 is 3.07 bits per heavy atom. The summed E-state index contributed by atoms with van der Waals surface area (Å²) < 4.78 is 2.16. The van der Waals surface area contributed by atoms with Gasteiger partial charge < -0.3 is 4.57 Å². The second kappa shape index (κ2) is 4.65. The number of nitrogens with zero attached hydrogens (tertiary/aromatic N) is 1. The van der Waals surface area contributed by atoms with Crippen LogP contribution >= 0.6 is 0 Å². The van der Waals surface area contributed by atoms with Crippen LogP contribution in [0.25, 0.3) is 0 Å². The average Bonchev–Trinajstić information content (AvgIpc) is 2.65. The smallest absolute Gasteiger partial charge is 0.151 e. The molecule has 0 aromatic carbocycles. The minimum atomic E-state index is 0.791. The molecule has 1 aliphatic carbocycles. The maximum absolute atomic E-state index is 10.6. The quantitative estimate of drug-likeness (QED) is 0.695. The molecule has 1 fully saturated rings. The van der Waals surface area contributed by atoms with E-state index in [1.54, 1.807) is 0 Å². The molecule has 2 heteroatoms. The molecule has 1 aromatic heterocycles. The van der Waals surface area contributed by atoms with Gasteiger partial charge in [0.15, 0.2) is 6.29 Å². The van der Waals surface area contributed by atoms with Crippen LogP contribution in [0.3, 0.4) is 0 Å². The fourth-order valence-corrected chi connectivity index (χ4v) is 2.67. The van der Waals surface area contributed by atoms with Crippen LogP contribution in [0.15, 0.2) is 18.5 Å². The fourth-order valence-electron chi connectivity index (χ4n) is 2.67. The van der Waals surface area contributed by atoms with Gasteiger partial charge in [-0.25, -0.2) is 0 Å². The van der Waals surface area contributed by atoms with Crippen LogP contribution in [0.5, 0.6) is 0 Å². The van der Waals surface area contributed by atoms with Gasteiger partial charge in [-0.3, -0.25) is 4.79 Å². The minimum absolute atomic E-state index is 0.791. The van der Waals surface area contributed by atoms with E-state index >= 15 is 0 Å². The van der Waals surface area contributed by atoms with Gasteiger partial charge in [-0.1, -0.05) is 19.8 Å². The van der Waals surface area contributed by atoms with E-state index in [4.69, 9.17) is 0 Å². The van der Waals surface area contributed by atoms with Crippen LogP contribution in [0.1, 0.15) is 43.0 Å². The van der Waals surface area contributed by atoms with Crippen molar-refractivity contribution in [3.8, 4) is 0 Å². The molecule has 1 saturated carbocycles. The first-order valence-corrected chi connectivity index (χ1v) is 5.89. The number of aromatic nitrogens is 1. The highest BCUT2D eigenvalue weighted by molar-refractivity contribution is 5.74. The van der Waals surface area contributed by atoms with Crippen molar-refractivity contribution in [1.29, 1.82) is 0 Å². The summed E-state index contributed by atoms with van der Waals surface area (Å²) in [6.07, 6.45) is 10.3. The van der Waals surface area contributed by atoms with Gasteiger partial charge in [0.05, 0.1) is 0 Å². The molecule has 0 N–H and O–H groups in total. The van der Waals surface area contributed by atoms with Crippen LogP contribution in [0, 0.1) is 11.8 Å². The number of carbonyl (C=O) groups is 1. The first kappa shape index (κ1) is 10.5. The van der Waals surface area contributed by atoms with Gasteiger partial charge in [-0.15, -0.1) is 0 Å². The first-order valence-electron chi connectivity index (χ1n) is 5.89. The molecule has 0 radical (unpaired) electrons. The van der Waals surface area contributed by atoms with Gasteiger partial charge in [0.1, 0.15) is 0 Å². The predicted octanol–water partition coefficient (Wildman–Crippen LogP) is 3.13. The van der Waals surface area contributed by atoms with E-state index in [1.807, 2.05) is 18.5 Å². The van der Waals surface area contributed by atoms with Gasteiger partial charge in [0, 0.05) is 24.5 Å². The van der Waals surface area contributed by atoms with E-state index in [2.05, 4.69) is 11.5 Å². The van der Waals surface area contributed by atoms with Crippen molar-refractivity contribution in [3.63, 3.8) is 0 Å². The third-order valence-corrected chi connectivity index (χ3v) is 3.42. The predicted molar refractivity (Wildman–Crippen MR) is 60.9 cm³/mol. The van der Waals surface area contributed by atoms with Crippen molar-refractivity contribution >= 4 is 6.29 Å². The monoisotopic (exact) mass is 205 g/mol. The van der Waals surface area contributed by atoms with Crippen molar-refractivity contribution in [2.24, 2.45) is 11.8 Å². The summed E-state index contributed by atoms with van der Waals surface area (Å²) in [5.74, 6) is 1.69. The highest BCUT2D eigenvalue weighted by Gasteiger charge is 2.18. The second-order valence-corrected chi connectivity index (χ2v) is 4.90. The molecule has 2 rings (SSSR count). The maximum atomic E-state index is 10.6. The Labute approximate surface area is 91.3 Å². The molecule has 15 heavy (non-hydrogen) atoms. The molecule has 2 atom stereocenters. The Morgan fingerprint density at radius 2 is 2.40 bits per heavy atom. The van der Waals surface area contributed by atoms with Crippen LogP contribution in [-0.2, 0) is 6.54 Å². The highest BCUT2D eigenvalue weighted by atomic mass is 16.1. The number of aldehydes is 1. The number of carbonyl (C=O) groups excluding carboxylic acids is 1. The lowest BCUT2D eigenvalue weighted by molar-refractivity contribution is 0.112.